The van der Waals surface area contributed by atoms with E-state index < -0.39 is 0 Å². The number of halogens is 1. The largest absolute Gasteiger partial charge is 0.367 e. The zero-order valence-corrected chi connectivity index (χ0v) is 12.4. The van der Waals surface area contributed by atoms with Crippen LogP contribution in [0.1, 0.15) is 18.9 Å². The number of fused-ring (bicyclic) bond motifs is 1. The summed E-state index contributed by atoms with van der Waals surface area (Å²) < 4.78 is 16.8. The Morgan fingerprint density at radius 3 is 2.68 bits per heavy atom. The van der Waals surface area contributed by atoms with Gasteiger partial charge in [-0.25, -0.2) is 4.39 Å². The maximum absolute atomic E-state index is 14.6. The molecule has 0 amide bonds. The van der Waals surface area contributed by atoms with E-state index in [-0.39, 0.29) is 5.82 Å². The Morgan fingerprint density at radius 1 is 1.23 bits per heavy atom. The van der Waals surface area contributed by atoms with Crippen LogP contribution in [-0.4, -0.2) is 30.7 Å². The van der Waals surface area contributed by atoms with Crippen LogP contribution >= 0.6 is 0 Å². The van der Waals surface area contributed by atoms with Gasteiger partial charge in [0.1, 0.15) is 5.82 Å². The molecular weight excluding hydrogens is 281 g/mol. The first kappa shape index (κ1) is 13.6. The van der Waals surface area contributed by atoms with Crippen molar-refractivity contribution in [2.45, 2.75) is 18.9 Å². The van der Waals surface area contributed by atoms with Gasteiger partial charge in [-0.1, -0.05) is 0 Å². The summed E-state index contributed by atoms with van der Waals surface area (Å²) in [6, 6.07) is 5.93. The number of pyridine rings is 1. The van der Waals surface area contributed by atoms with Crippen LogP contribution in [0.3, 0.4) is 0 Å². The molecule has 0 spiro atoms. The van der Waals surface area contributed by atoms with Crippen LogP contribution < -0.4 is 21.4 Å². The summed E-state index contributed by atoms with van der Waals surface area (Å²) >= 11 is 0. The van der Waals surface area contributed by atoms with Gasteiger partial charge in [0.15, 0.2) is 0 Å². The standard InChI is InChI=1S/C16H20FN5/c17-13-9-12-14(20-18)3-6-22(11-1-2-11)15(12)10-16(13)21-7-4-19-5-8-21/h3,6,9-11,19H,1-2,4-5,7-8,18H2. The van der Waals surface area contributed by atoms with Crippen LogP contribution in [0.4, 0.5) is 10.1 Å². The zero-order chi connectivity index (χ0) is 15.1. The second kappa shape index (κ2) is 5.28. The number of hydrogen-bond donors (Lipinski definition) is 2. The highest BCUT2D eigenvalue weighted by atomic mass is 19.1. The predicted octanol–water partition coefficient (Wildman–Crippen LogP) is 1.30. The predicted molar refractivity (Wildman–Crippen MR) is 85.0 cm³/mol. The summed E-state index contributed by atoms with van der Waals surface area (Å²) in [5.41, 5.74) is 1.70. The SMILES string of the molecule is NN=c1ccn(C2CC2)c2cc(N3CCNCC3)c(F)cc12. The monoisotopic (exact) mass is 301 g/mol. The van der Waals surface area contributed by atoms with Gasteiger partial charge in [-0.2, -0.15) is 5.10 Å². The van der Waals surface area contributed by atoms with E-state index in [0.717, 1.165) is 37.1 Å². The third kappa shape index (κ3) is 2.23. The topological polar surface area (TPSA) is 58.6 Å². The molecule has 4 rings (SSSR count). The number of rotatable bonds is 2. The fraction of sp³-hybridized carbons (Fsp3) is 0.438. The van der Waals surface area contributed by atoms with Crippen molar-refractivity contribution in [3.05, 3.63) is 35.6 Å². The number of nitrogens with two attached hydrogens (primary N) is 1. The lowest BCUT2D eigenvalue weighted by atomic mass is 10.1. The van der Waals surface area contributed by atoms with Gasteiger partial charge < -0.3 is 20.6 Å². The van der Waals surface area contributed by atoms with Gasteiger partial charge in [0.25, 0.3) is 0 Å². The van der Waals surface area contributed by atoms with Gasteiger partial charge in [0.2, 0.25) is 0 Å². The minimum Gasteiger partial charge on any atom is -0.367 e. The first-order valence-electron chi connectivity index (χ1n) is 7.82. The van der Waals surface area contributed by atoms with Crippen molar-refractivity contribution >= 4 is 16.6 Å². The molecule has 1 saturated heterocycles. The van der Waals surface area contributed by atoms with Gasteiger partial charge in [-0.05, 0) is 31.0 Å². The summed E-state index contributed by atoms with van der Waals surface area (Å²) in [4.78, 5) is 2.11. The lowest BCUT2D eigenvalue weighted by Gasteiger charge is -2.30. The fourth-order valence-electron chi connectivity index (χ4n) is 3.22. The Kier molecular flexibility index (Phi) is 3.26. The number of piperazine rings is 1. The van der Waals surface area contributed by atoms with E-state index in [2.05, 4.69) is 19.9 Å². The molecule has 1 aliphatic carbocycles. The minimum absolute atomic E-state index is 0.201. The third-order valence-corrected chi connectivity index (χ3v) is 4.55. The van der Waals surface area contributed by atoms with Gasteiger partial charge in [-0.3, -0.25) is 0 Å². The molecule has 116 valence electrons. The first-order chi connectivity index (χ1) is 10.8. The van der Waals surface area contributed by atoms with Crippen LogP contribution in [0.25, 0.3) is 10.9 Å². The number of nitrogens with zero attached hydrogens (tertiary/aromatic N) is 3. The smallest absolute Gasteiger partial charge is 0.147 e. The van der Waals surface area contributed by atoms with Crippen molar-refractivity contribution in [1.29, 1.82) is 0 Å². The van der Waals surface area contributed by atoms with E-state index in [9.17, 15) is 4.39 Å². The number of anilines is 1. The van der Waals surface area contributed by atoms with E-state index in [4.69, 9.17) is 5.84 Å². The average Bonchev–Trinajstić information content (AvgIpc) is 3.39. The summed E-state index contributed by atoms with van der Waals surface area (Å²) in [5, 5.41) is 8.52. The molecule has 1 aromatic heterocycles. The van der Waals surface area contributed by atoms with Crippen molar-refractivity contribution in [1.82, 2.24) is 9.88 Å². The molecule has 1 aliphatic heterocycles. The van der Waals surface area contributed by atoms with E-state index in [1.165, 1.54) is 12.8 Å². The molecule has 2 heterocycles. The summed E-state index contributed by atoms with van der Waals surface area (Å²) in [6.45, 7) is 3.43. The van der Waals surface area contributed by atoms with Crippen molar-refractivity contribution in [2.24, 2.45) is 10.9 Å². The van der Waals surface area contributed by atoms with Gasteiger partial charge >= 0.3 is 0 Å². The molecule has 2 aliphatic rings. The van der Waals surface area contributed by atoms with E-state index >= 15 is 0 Å². The van der Waals surface area contributed by atoms with Crippen molar-refractivity contribution in [2.75, 3.05) is 31.1 Å². The number of hydrogen-bond acceptors (Lipinski definition) is 4. The molecule has 3 N–H and O–H groups in total. The number of aromatic nitrogens is 1. The highest BCUT2D eigenvalue weighted by molar-refractivity contribution is 5.83. The number of nitrogens with one attached hydrogen (secondary N) is 1. The van der Waals surface area contributed by atoms with Crippen LogP contribution in [0.2, 0.25) is 0 Å². The molecule has 1 saturated carbocycles. The van der Waals surface area contributed by atoms with Gasteiger partial charge in [0.05, 0.1) is 16.6 Å². The Morgan fingerprint density at radius 2 is 2.00 bits per heavy atom. The molecule has 6 heteroatoms. The van der Waals surface area contributed by atoms with Crippen LogP contribution in [0.5, 0.6) is 0 Å². The summed E-state index contributed by atoms with van der Waals surface area (Å²) in [7, 11) is 0. The molecular formula is C16H20FN5. The summed E-state index contributed by atoms with van der Waals surface area (Å²) in [6.07, 6.45) is 4.38. The maximum Gasteiger partial charge on any atom is 0.147 e. The van der Waals surface area contributed by atoms with Crippen LogP contribution in [0.15, 0.2) is 29.5 Å². The molecule has 0 unspecified atom stereocenters. The lowest BCUT2D eigenvalue weighted by Crippen LogP contribution is -2.43. The normalized spacial score (nSPS) is 19.9. The molecule has 1 aromatic carbocycles. The van der Waals surface area contributed by atoms with Crippen LogP contribution in [-0.2, 0) is 0 Å². The molecule has 2 aromatic rings. The third-order valence-electron chi connectivity index (χ3n) is 4.55. The Balaban J connectivity index is 1.92. The molecule has 22 heavy (non-hydrogen) atoms. The van der Waals surface area contributed by atoms with Crippen LogP contribution in [0, 0.1) is 5.82 Å². The second-order valence-corrected chi connectivity index (χ2v) is 6.03. The van der Waals surface area contributed by atoms with E-state index in [1.807, 2.05) is 18.3 Å². The zero-order valence-electron chi connectivity index (χ0n) is 12.4. The van der Waals surface area contributed by atoms with Crippen molar-refractivity contribution in [3.8, 4) is 0 Å². The van der Waals surface area contributed by atoms with Gasteiger partial charge in [-0.15, -0.1) is 0 Å². The Bertz CT molecular complexity index is 772. The molecule has 0 bridgehead atoms. The van der Waals surface area contributed by atoms with E-state index in [0.29, 0.717) is 17.1 Å². The van der Waals surface area contributed by atoms with Crippen molar-refractivity contribution < 1.29 is 4.39 Å². The molecule has 5 nitrogen and oxygen atoms in total. The number of benzene rings is 1. The van der Waals surface area contributed by atoms with Gasteiger partial charge in [0, 0.05) is 43.8 Å². The molecule has 2 fully saturated rings. The van der Waals surface area contributed by atoms with Crippen molar-refractivity contribution in [3.63, 3.8) is 0 Å². The quantitative estimate of drug-likeness (QED) is 0.649. The Hall–Kier alpha value is -2.08. The first-order valence-corrected chi connectivity index (χ1v) is 7.82. The molecule has 0 atom stereocenters. The summed E-state index contributed by atoms with van der Waals surface area (Å²) in [5.74, 6) is 5.26. The van der Waals surface area contributed by atoms with E-state index in [1.54, 1.807) is 6.07 Å². The Labute approximate surface area is 128 Å². The fourth-order valence-corrected chi connectivity index (χ4v) is 3.22. The highest BCUT2D eigenvalue weighted by Gasteiger charge is 2.25. The maximum atomic E-state index is 14.6. The highest BCUT2D eigenvalue weighted by Crippen LogP contribution is 2.37. The average molecular weight is 301 g/mol. The lowest BCUT2D eigenvalue weighted by molar-refractivity contribution is 0.567. The second-order valence-electron chi connectivity index (χ2n) is 6.03. The molecule has 0 radical (unpaired) electrons. The minimum atomic E-state index is -0.201.